The Morgan fingerprint density at radius 3 is 2.75 bits per heavy atom. The van der Waals surface area contributed by atoms with E-state index < -0.39 is 0 Å². The van der Waals surface area contributed by atoms with E-state index in [9.17, 15) is 14.4 Å². The Labute approximate surface area is 118 Å². The zero-order valence-corrected chi connectivity index (χ0v) is 11.9. The van der Waals surface area contributed by atoms with Gasteiger partial charge in [-0.3, -0.25) is 14.4 Å². The molecule has 20 heavy (non-hydrogen) atoms. The van der Waals surface area contributed by atoms with Gasteiger partial charge in [-0.2, -0.15) is 0 Å². The molecule has 0 saturated carbocycles. The van der Waals surface area contributed by atoms with Crippen LogP contribution in [-0.2, 0) is 17.8 Å². The van der Waals surface area contributed by atoms with Crippen LogP contribution >= 0.6 is 0 Å². The van der Waals surface area contributed by atoms with Gasteiger partial charge in [0, 0.05) is 42.8 Å². The number of carbonyl (C=O) groups is 2. The van der Waals surface area contributed by atoms with Crippen LogP contribution < -0.4 is 10.9 Å². The molecule has 1 aromatic rings. The van der Waals surface area contributed by atoms with Crippen LogP contribution in [0.5, 0.6) is 0 Å². The molecule has 0 spiro atoms. The zero-order valence-electron chi connectivity index (χ0n) is 11.9. The number of rotatable bonds is 4. The molecule has 2 rings (SSSR count). The summed E-state index contributed by atoms with van der Waals surface area (Å²) in [5.41, 5.74) is 1.28. The summed E-state index contributed by atoms with van der Waals surface area (Å²) in [6, 6.07) is 3.12. The summed E-state index contributed by atoms with van der Waals surface area (Å²) in [6.45, 7) is 4.12. The monoisotopic (exact) mass is 276 g/mol. The number of pyridine rings is 1. The molecule has 1 amide bonds. The van der Waals surface area contributed by atoms with Crippen molar-refractivity contribution in [2.75, 3.05) is 0 Å². The Bertz CT molecular complexity index is 587. The molecule has 1 aromatic heterocycles. The van der Waals surface area contributed by atoms with Crippen molar-refractivity contribution in [2.24, 2.45) is 0 Å². The lowest BCUT2D eigenvalue weighted by molar-refractivity contribution is -0.121. The molecule has 1 heterocycles. The smallest absolute Gasteiger partial charge is 0.250 e. The number of nitrogens with zero attached hydrogens (tertiary/aromatic N) is 1. The second kappa shape index (κ2) is 6.03. The third kappa shape index (κ3) is 3.15. The summed E-state index contributed by atoms with van der Waals surface area (Å²) in [7, 11) is 0. The zero-order chi connectivity index (χ0) is 14.7. The number of hydrogen-bond donors (Lipinski definition) is 1. The van der Waals surface area contributed by atoms with E-state index in [2.05, 4.69) is 5.32 Å². The molecule has 108 valence electrons. The highest BCUT2D eigenvalue weighted by Crippen LogP contribution is 2.19. The number of amides is 1. The molecule has 0 aromatic carbocycles. The van der Waals surface area contributed by atoms with Gasteiger partial charge in [0.25, 0.3) is 5.56 Å². The summed E-state index contributed by atoms with van der Waals surface area (Å²) in [4.78, 5) is 35.5. The van der Waals surface area contributed by atoms with Gasteiger partial charge >= 0.3 is 0 Å². The highest BCUT2D eigenvalue weighted by Gasteiger charge is 2.20. The molecule has 0 bridgehead atoms. The fraction of sp³-hybridized carbons (Fsp3) is 0.533. The van der Waals surface area contributed by atoms with Crippen LogP contribution in [-0.4, -0.2) is 22.3 Å². The number of ketones is 1. The molecule has 5 heteroatoms. The molecule has 5 nitrogen and oxygen atoms in total. The van der Waals surface area contributed by atoms with Crippen LogP contribution in [0.25, 0.3) is 0 Å². The largest absolute Gasteiger partial charge is 0.354 e. The lowest BCUT2D eigenvalue weighted by Gasteiger charge is -2.20. The Morgan fingerprint density at radius 1 is 1.30 bits per heavy atom. The van der Waals surface area contributed by atoms with Gasteiger partial charge in [0.2, 0.25) is 5.91 Å². The minimum Gasteiger partial charge on any atom is -0.354 e. The van der Waals surface area contributed by atoms with Crippen molar-refractivity contribution in [2.45, 2.75) is 52.1 Å². The molecule has 1 N–H and O–H groups in total. The van der Waals surface area contributed by atoms with Gasteiger partial charge in [-0.05, 0) is 32.8 Å². The summed E-state index contributed by atoms with van der Waals surface area (Å²) >= 11 is 0. The first-order chi connectivity index (χ1) is 9.49. The molecule has 0 unspecified atom stereocenters. The van der Waals surface area contributed by atoms with Crippen LogP contribution in [0.4, 0.5) is 0 Å². The van der Waals surface area contributed by atoms with E-state index in [0.29, 0.717) is 18.5 Å². The number of fused-ring (bicyclic) bond motifs is 1. The normalized spacial score (nSPS) is 14.2. The van der Waals surface area contributed by atoms with Gasteiger partial charge in [-0.25, -0.2) is 0 Å². The summed E-state index contributed by atoms with van der Waals surface area (Å²) < 4.78 is 1.58. The third-order valence-electron chi connectivity index (χ3n) is 3.43. The summed E-state index contributed by atoms with van der Waals surface area (Å²) in [5.74, 6) is 0.0123. The molecule has 0 saturated heterocycles. The second-order valence-electron chi connectivity index (χ2n) is 5.43. The first-order valence-electron chi connectivity index (χ1n) is 7.04. The van der Waals surface area contributed by atoms with Crippen molar-refractivity contribution in [3.8, 4) is 0 Å². The van der Waals surface area contributed by atoms with Gasteiger partial charge in [-0.1, -0.05) is 0 Å². The number of Topliss-reactive ketones (excluding diaryl/α,β-unsaturated/α-hetero) is 1. The van der Waals surface area contributed by atoms with Crippen LogP contribution in [0.3, 0.4) is 0 Å². The van der Waals surface area contributed by atoms with E-state index >= 15 is 0 Å². The Morgan fingerprint density at radius 2 is 2.05 bits per heavy atom. The lowest BCUT2D eigenvalue weighted by Crippen LogP contribution is -2.33. The van der Waals surface area contributed by atoms with Crippen molar-refractivity contribution >= 4 is 11.7 Å². The SMILES string of the molecule is CC(C)NC(=O)CCn1c2c(ccc1=O)C(=O)CCC2. The molecule has 1 aliphatic rings. The molecule has 1 aliphatic carbocycles. The average Bonchev–Trinajstić information content (AvgIpc) is 2.37. The first-order valence-corrected chi connectivity index (χ1v) is 7.04. The van der Waals surface area contributed by atoms with Gasteiger partial charge in [0.1, 0.15) is 0 Å². The van der Waals surface area contributed by atoms with E-state index in [1.54, 1.807) is 10.6 Å². The van der Waals surface area contributed by atoms with Crippen LogP contribution in [0.1, 0.15) is 49.2 Å². The molecule has 0 aliphatic heterocycles. The lowest BCUT2D eigenvalue weighted by atomic mass is 9.94. The summed E-state index contributed by atoms with van der Waals surface area (Å²) in [6.07, 6.45) is 2.29. The average molecular weight is 276 g/mol. The van der Waals surface area contributed by atoms with Gasteiger partial charge < -0.3 is 9.88 Å². The minimum absolute atomic E-state index is 0.0772. The number of carbonyl (C=O) groups excluding carboxylic acids is 2. The van der Waals surface area contributed by atoms with Crippen molar-refractivity contribution in [3.63, 3.8) is 0 Å². The van der Waals surface area contributed by atoms with Crippen LogP contribution in [0.15, 0.2) is 16.9 Å². The maximum atomic E-state index is 12.0. The fourth-order valence-electron chi connectivity index (χ4n) is 2.55. The van der Waals surface area contributed by atoms with Crippen LogP contribution in [0, 0.1) is 0 Å². The van der Waals surface area contributed by atoms with Gasteiger partial charge in [-0.15, -0.1) is 0 Å². The molecule has 0 atom stereocenters. The van der Waals surface area contributed by atoms with Crippen molar-refractivity contribution in [3.05, 3.63) is 33.7 Å². The van der Waals surface area contributed by atoms with Crippen molar-refractivity contribution in [1.82, 2.24) is 9.88 Å². The van der Waals surface area contributed by atoms with E-state index in [4.69, 9.17) is 0 Å². The predicted octanol–water partition coefficient (Wildman–Crippen LogP) is 1.28. The van der Waals surface area contributed by atoms with E-state index in [1.807, 2.05) is 13.8 Å². The topological polar surface area (TPSA) is 68.2 Å². The predicted molar refractivity (Wildman–Crippen MR) is 75.9 cm³/mol. The minimum atomic E-state index is -0.143. The molecular formula is C15H20N2O3. The highest BCUT2D eigenvalue weighted by molar-refractivity contribution is 5.98. The number of nitrogens with one attached hydrogen (secondary N) is 1. The quantitative estimate of drug-likeness (QED) is 0.900. The fourth-order valence-corrected chi connectivity index (χ4v) is 2.55. The number of hydrogen-bond acceptors (Lipinski definition) is 3. The van der Waals surface area contributed by atoms with E-state index in [1.165, 1.54) is 6.07 Å². The molecule has 0 radical (unpaired) electrons. The van der Waals surface area contributed by atoms with Gasteiger partial charge in [0.15, 0.2) is 5.78 Å². The van der Waals surface area contributed by atoms with Crippen molar-refractivity contribution in [1.29, 1.82) is 0 Å². The Balaban J connectivity index is 2.19. The Kier molecular flexibility index (Phi) is 4.37. The maximum absolute atomic E-state index is 12.0. The van der Waals surface area contributed by atoms with E-state index in [-0.39, 0.29) is 29.7 Å². The highest BCUT2D eigenvalue weighted by atomic mass is 16.2. The third-order valence-corrected chi connectivity index (χ3v) is 3.43. The Hall–Kier alpha value is -1.91. The summed E-state index contributed by atoms with van der Waals surface area (Å²) in [5, 5.41) is 2.80. The molecular weight excluding hydrogens is 256 g/mol. The van der Waals surface area contributed by atoms with Crippen molar-refractivity contribution < 1.29 is 9.59 Å². The number of aromatic nitrogens is 1. The standard InChI is InChI=1S/C15H20N2O3/c1-10(2)16-14(19)8-9-17-12-4-3-5-13(18)11(12)6-7-15(17)20/h6-7,10H,3-5,8-9H2,1-2H3,(H,16,19). The van der Waals surface area contributed by atoms with Gasteiger partial charge in [0.05, 0.1) is 0 Å². The van der Waals surface area contributed by atoms with E-state index in [0.717, 1.165) is 18.5 Å². The first kappa shape index (κ1) is 14.5. The van der Waals surface area contributed by atoms with Crippen LogP contribution in [0.2, 0.25) is 0 Å². The molecule has 0 fully saturated rings. The second-order valence-corrected chi connectivity index (χ2v) is 5.43. The maximum Gasteiger partial charge on any atom is 0.250 e.